The highest BCUT2D eigenvalue weighted by molar-refractivity contribution is 6.09. The number of aromatic nitrogens is 3. The Bertz CT molecular complexity index is 1240. The number of benzene rings is 1. The van der Waals surface area contributed by atoms with Crippen molar-refractivity contribution in [2.75, 3.05) is 31.5 Å². The number of hydrogen-bond acceptors (Lipinski definition) is 6. The van der Waals surface area contributed by atoms with Crippen molar-refractivity contribution < 1.29 is 14.3 Å². The van der Waals surface area contributed by atoms with Crippen LogP contribution in [0.5, 0.6) is 5.75 Å². The van der Waals surface area contributed by atoms with Gasteiger partial charge >= 0.3 is 0 Å². The van der Waals surface area contributed by atoms with E-state index in [1.165, 1.54) is 6.33 Å². The second-order valence-electron chi connectivity index (χ2n) is 8.17. The summed E-state index contributed by atoms with van der Waals surface area (Å²) in [6.07, 6.45) is 3.90. The van der Waals surface area contributed by atoms with Gasteiger partial charge in [0.25, 0.3) is 11.8 Å². The molecule has 1 unspecified atom stereocenters. The number of ether oxygens (including phenoxy) is 1. The minimum Gasteiger partial charge on any atom is -0.487 e. The van der Waals surface area contributed by atoms with Gasteiger partial charge in [-0.2, -0.15) is 0 Å². The number of H-pyrrole nitrogens is 1. The molecule has 9 nitrogen and oxygen atoms in total. The van der Waals surface area contributed by atoms with Crippen LogP contribution in [0, 0.1) is 11.8 Å². The first-order valence-electron chi connectivity index (χ1n) is 10.9. The number of fused-ring (bicyclic) bond motifs is 1. The number of likely N-dealkylation sites (tertiary alicyclic amines) is 2. The molecule has 33 heavy (non-hydrogen) atoms. The molecule has 9 heteroatoms. The fourth-order valence-corrected chi connectivity index (χ4v) is 4.22. The van der Waals surface area contributed by atoms with E-state index in [-0.39, 0.29) is 24.0 Å². The van der Waals surface area contributed by atoms with Crippen LogP contribution in [0.2, 0.25) is 0 Å². The highest BCUT2D eigenvalue weighted by atomic mass is 16.5. The van der Waals surface area contributed by atoms with Crippen molar-refractivity contribution in [1.82, 2.24) is 24.8 Å². The summed E-state index contributed by atoms with van der Waals surface area (Å²) in [7, 11) is 0. The number of aromatic amines is 1. The van der Waals surface area contributed by atoms with Gasteiger partial charge in [0.05, 0.1) is 24.0 Å². The summed E-state index contributed by atoms with van der Waals surface area (Å²) in [5, 5.41) is 4.06. The van der Waals surface area contributed by atoms with E-state index in [0.29, 0.717) is 48.6 Å². The lowest BCUT2D eigenvalue weighted by Crippen LogP contribution is -2.56. The third-order valence-corrected chi connectivity index (χ3v) is 5.93. The van der Waals surface area contributed by atoms with Crippen LogP contribution >= 0.6 is 0 Å². The van der Waals surface area contributed by atoms with Gasteiger partial charge in [0.1, 0.15) is 29.6 Å². The summed E-state index contributed by atoms with van der Waals surface area (Å²) in [6.45, 7) is 3.87. The van der Waals surface area contributed by atoms with Crippen LogP contribution in [0.15, 0.2) is 42.9 Å². The molecule has 2 N–H and O–H groups in total. The maximum atomic E-state index is 13.2. The maximum Gasteiger partial charge on any atom is 0.298 e. The van der Waals surface area contributed by atoms with E-state index in [1.54, 1.807) is 22.9 Å². The van der Waals surface area contributed by atoms with Crippen LogP contribution in [0.4, 0.5) is 5.82 Å². The largest absolute Gasteiger partial charge is 0.487 e. The third-order valence-electron chi connectivity index (χ3n) is 5.93. The zero-order valence-corrected chi connectivity index (χ0v) is 18.2. The number of amides is 2. The molecule has 2 saturated heterocycles. The minimum absolute atomic E-state index is 0.0243. The minimum atomic E-state index is -0.169. The standard InChI is InChI=1S/C24H24N6O3/c1-2-6-20(31)29-10-9-16(12-29)28-23-21-19(11-25-22(21)26-15-27-23)24(32)30-13-18(14-30)33-17-7-4-3-5-8-17/h3-5,7-8,11,15-16,18H,9-10,12-14H2,1H3,(H2,25,26,27,28). The summed E-state index contributed by atoms with van der Waals surface area (Å²) in [5.41, 5.74) is 1.12. The quantitative estimate of drug-likeness (QED) is 0.583. The van der Waals surface area contributed by atoms with Gasteiger partial charge in [-0.25, -0.2) is 9.97 Å². The molecule has 4 heterocycles. The average Bonchev–Trinajstić information content (AvgIpc) is 3.44. The summed E-state index contributed by atoms with van der Waals surface area (Å²) in [5.74, 6) is 6.36. The van der Waals surface area contributed by atoms with E-state index < -0.39 is 0 Å². The number of carbonyl (C=O) groups is 2. The molecule has 1 aromatic carbocycles. The highest BCUT2D eigenvalue weighted by Gasteiger charge is 2.35. The van der Waals surface area contributed by atoms with Crippen LogP contribution in [0.1, 0.15) is 23.7 Å². The molecular formula is C24H24N6O3. The number of hydrogen-bond donors (Lipinski definition) is 2. The Hall–Kier alpha value is -4.06. The van der Waals surface area contributed by atoms with Gasteiger partial charge in [-0.1, -0.05) is 24.1 Å². The topological polar surface area (TPSA) is 103 Å². The van der Waals surface area contributed by atoms with Crippen LogP contribution in [-0.4, -0.2) is 74.9 Å². The van der Waals surface area contributed by atoms with Crippen molar-refractivity contribution in [3.63, 3.8) is 0 Å². The van der Waals surface area contributed by atoms with Gasteiger partial charge in [0.2, 0.25) is 0 Å². The van der Waals surface area contributed by atoms with Gasteiger partial charge in [-0.3, -0.25) is 9.59 Å². The molecule has 2 amide bonds. The van der Waals surface area contributed by atoms with Crippen molar-refractivity contribution in [3.8, 4) is 17.6 Å². The summed E-state index contributed by atoms with van der Waals surface area (Å²) >= 11 is 0. The number of para-hydroxylation sites is 1. The predicted octanol–water partition coefficient (Wildman–Crippen LogP) is 1.90. The van der Waals surface area contributed by atoms with Gasteiger partial charge in [0, 0.05) is 25.3 Å². The predicted molar refractivity (Wildman–Crippen MR) is 123 cm³/mol. The number of rotatable bonds is 5. The van der Waals surface area contributed by atoms with Crippen LogP contribution < -0.4 is 10.1 Å². The zero-order chi connectivity index (χ0) is 22.8. The Balaban J connectivity index is 1.28. The van der Waals surface area contributed by atoms with Crippen molar-refractivity contribution >= 4 is 28.7 Å². The zero-order valence-electron chi connectivity index (χ0n) is 18.2. The lowest BCUT2D eigenvalue weighted by atomic mass is 10.1. The smallest absolute Gasteiger partial charge is 0.298 e. The van der Waals surface area contributed by atoms with E-state index >= 15 is 0 Å². The Morgan fingerprint density at radius 2 is 1.97 bits per heavy atom. The van der Waals surface area contributed by atoms with Gasteiger partial charge < -0.3 is 24.8 Å². The number of anilines is 1. The highest BCUT2D eigenvalue weighted by Crippen LogP contribution is 2.28. The monoisotopic (exact) mass is 444 g/mol. The second-order valence-corrected chi connectivity index (χ2v) is 8.17. The Kier molecular flexibility index (Phi) is 5.57. The second kappa shape index (κ2) is 8.82. The fraction of sp³-hybridized carbons (Fsp3) is 0.333. The van der Waals surface area contributed by atoms with Gasteiger partial charge in [-0.15, -0.1) is 0 Å². The molecule has 2 aliphatic heterocycles. The molecule has 0 bridgehead atoms. The Morgan fingerprint density at radius 1 is 1.15 bits per heavy atom. The molecule has 2 fully saturated rings. The van der Waals surface area contributed by atoms with Crippen LogP contribution in [0.25, 0.3) is 11.0 Å². The van der Waals surface area contributed by atoms with E-state index in [0.717, 1.165) is 12.2 Å². The Morgan fingerprint density at radius 3 is 2.76 bits per heavy atom. The van der Waals surface area contributed by atoms with Crippen LogP contribution in [0.3, 0.4) is 0 Å². The summed E-state index contributed by atoms with van der Waals surface area (Å²) < 4.78 is 5.91. The molecule has 0 spiro atoms. The molecule has 2 aliphatic rings. The molecule has 3 aromatic rings. The SMILES string of the molecule is CC#CC(=O)N1CCC(Nc2ncnc3[nH]cc(C(=O)N4CC(Oc5ccccc5)C4)c23)C1. The van der Waals surface area contributed by atoms with Crippen molar-refractivity contribution in [1.29, 1.82) is 0 Å². The van der Waals surface area contributed by atoms with Crippen molar-refractivity contribution in [2.24, 2.45) is 0 Å². The normalized spacial score (nSPS) is 17.9. The molecule has 1 atom stereocenters. The first-order chi connectivity index (χ1) is 16.1. The van der Waals surface area contributed by atoms with Gasteiger partial charge in [0.15, 0.2) is 0 Å². The summed E-state index contributed by atoms with van der Waals surface area (Å²) in [4.78, 5) is 40.5. The molecule has 168 valence electrons. The van der Waals surface area contributed by atoms with E-state index in [2.05, 4.69) is 32.1 Å². The molecular weight excluding hydrogens is 420 g/mol. The molecule has 2 aromatic heterocycles. The van der Waals surface area contributed by atoms with E-state index in [4.69, 9.17) is 4.74 Å². The number of carbonyl (C=O) groups excluding carboxylic acids is 2. The van der Waals surface area contributed by atoms with Crippen molar-refractivity contribution in [3.05, 3.63) is 48.4 Å². The first kappa shape index (κ1) is 20.8. The van der Waals surface area contributed by atoms with Crippen LogP contribution in [-0.2, 0) is 4.79 Å². The van der Waals surface area contributed by atoms with E-state index in [1.807, 2.05) is 30.3 Å². The third kappa shape index (κ3) is 4.20. The van der Waals surface area contributed by atoms with Crippen molar-refractivity contribution in [2.45, 2.75) is 25.5 Å². The number of nitrogens with one attached hydrogen (secondary N) is 2. The lowest BCUT2D eigenvalue weighted by molar-refractivity contribution is -0.124. The molecule has 5 rings (SSSR count). The summed E-state index contributed by atoms with van der Waals surface area (Å²) in [6, 6.07) is 9.63. The molecule has 0 aliphatic carbocycles. The lowest BCUT2D eigenvalue weighted by Gasteiger charge is -2.38. The van der Waals surface area contributed by atoms with Gasteiger partial charge in [-0.05, 0) is 31.4 Å². The Labute approximate surface area is 191 Å². The number of nitrogens with zero attached hydrogens (tertiary/aromatic N) is 4. The fourth-order valence-electron chi connectivity index (χ4n) is 4.22. The first-order valence-corrected chi connectivity index (χ1v) is 10.9. The average molecular weight is 444 g/mol. The maximum absolute atomic E-state index is 13.2. The molecule has 0 radical (unpaired) electrons. The molecule has 0 saturated carbocycles. The van der Waals surface area contributed by atoms with E-state index in [9.17, 15) is 9.59 Å².